The second-order valence-electron chi connectivity index (χ2n) is 7.81. The molecule has 172 valence electrons. The quantitative estimate of drug-likeness (QED) is 0.408. The summed E-state index contributed by atoms with van der Waals surface area (Å²) in [5, 5.41) is 28.3. The van der Waals surface area contributed by atoms with Crippen LogP contribution in [0.3, 0.4) is 0 Å². The average Bonchev–Trinajstić information content (AvgIpc) is 2.74. The molecule has 2 heterocycles. The Morgan fingerprint density at radius 2 is 1.97 bits per heavy atom. The lowest BCUT2D eigenvalue weighted by Gasteiger charge is -2.31. The van der Waals surface area contributed by atoms with E-state index in [4.69, 9.17) is 4.74 Å². The summed E-state index contributed by atoms with van der Waals surface area (Å²) in [6, 6.07) is 9.91. The zero-order chi connectivity index (χ0) is 24.2. The number of hydrogen-bond acceptors (Lipinski definition) is 9. The highest BCUT2D eigenvalue weighted by molar-refractivity contribution is 5.74. The molecule has 2 aromatic rings. The van der Waals surface area contributed by atoms with Crippen LogP contribution in [0.2, 0.25) is 0 Å². The van der Waals surface area contributed by atoms with Crippen LogP contribution in [0.1, 0.15) is 37.0 Å². The summed E-state index contributed by atoms with van der Waals surface area (Å²) in [5.74, 6) is 0.519. The van der Waals surface area contributed by atoms with Crippen molar-refractivity contribution in [3.05, 3.63) is 89.9 Å². The van der Waals surface area contributed by atoms with E-state index < -0.39 is 28.5 Å². The molecule has 1 aliphatic rings. The first-order chi connectivity index (χ1) is 15.6. The molecule has 0 fully saturated rings. The van der Waals surface area contributed by atoms with E-state index in [9.17, 15) is 30.3 Å². The first-order valence-corrected chi connectivity index (χ1v) is 9.85. The summed E-state index contributed by atoms with van der Waals surface area (Å²) >= 11 is 0. The van der Waals surface area contributed by atoms with Gasteiger partial charge in [-0.05, 0) is 56.5 Å². The lowest BCUT2D eigenvalue weighted by atomic mass is 9.97. The summed E-state index contributed by atoms with van der Waals surface area (Å²) in [6.45, 7) is 3.06. The number of fused-ring (bicyclic) bond motifs is 1. The molecular weight excluding hydrogens is 436 g/mol. The normalized spacial score (nSPS) is 14.6. The third-order valence-electron chi connectivity index (χ3n) is 4.83. The van der Waals surface area contributed by atoms with Crippen LogP contribution in [-0.2, 0) is 16.1 Å². The van der Waals surface area contributed by atoms with Crippen LogP contribution in [0, 0.1) is 31.6 Å². The lowest BCUT2D eigenvalue weighted by molar-refractivity contribution is -0.790. The molecule has 33 heavy (non-hydrogen) atoms. The number of nitriles is 1. The SMILES string of the molecule is CC1(C)C=C(n2cc(CCC(CO[N+](=O)[O-])O[N+](=O)[O-])ccc2=O)c2cc(C#N)ccc2O1. The number of benzene rings is 1. The Kier molecular flexibility index (Phi) is 6.62. The Labute approximate surface area is 187 Å². The molecule has 0 saturated carbocycles. The zero-order valence-corrected chi connectivity index (χ0v) is 17.8. The Morgan fingerprint density at radius 1 is 1.21 bits per heavy atom. The number of hydrogen-bond donors (Lipinski definition) is 0. The fraction of sp³-hybridized carbons (Fsp3) is 0.333. The predicted molar refractivity (Wildman–Crippen MR) is 113 cm³/mol. The minimum absolute atomic E-state index is 0.0375. The maximum atomic E-state index is 12.7. The average molecular weight is 456 g/mol. The molecule has 0 spiro atoms. The molecule has 0 amide bonds. The number of aromatic nitrogens is 1. The molecule has 12 nitrogen and oxygen atoms in total. The van der Waals surface area contributed by atoms with Gasteiger partial charge in [0.15, 0.2) is 0 Å². The molecular formula is C21H20N4O8. The second-order valence-corrected chi connectivity index (χ2v) is 7.81. The minimum atomic E-state index is -1.16. The smallest absolute Gasteiger partial charge is 0.294 e. The van der Waals surface area contributed by atoms with Gasteiger partial charge >= 0.3 is 0 Å². The van der Waals surface area contributed by atoms with Crippen molar-refractivity contribution in [1.29, 1.82) is 5.26 Å². The van der Waals surface area contributed by atoms with Crippen LogP contribution < -0.4 is 10.3 Å². The molecule has 3 rings (SSSR count). The van der Waals surface area contributed by atoms with Gasteiger partial charge in [-0.1, -0.05) is 6.07 Å². The Bertz CT molecular complexity index is 1210. The van der Waals surface area contributed by atoms with E-state index in [1.165, 1.54) is 10.6 Å². The number of pyridine rings is 1. The number of aryl methyl sites for hydroxylation is 1. The molecule has 1 aromatic heterocycles. The summed E-state index contributed by atoms with van der Waals surface area (Å²) in [5.41, 5.74) is 1.08. The lowest BCUT2D eigenvalue weighted by Crippen LogP contribution is -2.32. The highest BCUT2D eigenvalue weighted by Crippen LogP contribution is 2.37. The van der Waals surface area contributed by atoms with E-state index in [1.807, 2.05) is 13.8 Å². The number of rotatable bonds is 9. The summed E-state index contributed by atoms with van der Waals surface area (Å²) in [6.07, 6.45) is 2.45. The molecule has 0 N–H and O–H groups in total. The fourth-order valence-corrected chi connectivity index (χ4v) is 3.43. The van der Waals surface area contributed by atoms with Gasteiger partial charge in [-0.3, -0.25) is 9.36 Å². The van der Waals surface area contributed by atoms with Gasteiger partial charge in [-0.25, -0.2) is 0 Å². The van der Waals surface area contributed by atoms with Crippen molar-refractivity contribution in [3.8, 4) is 11.8 Å². The minimum Gasteiger partial charge on any atom is -0.483 e. The van der Waals surface area contributed by atoms with Gasteiger partial charge in [-0.15, -0.1) is 20.2 Å². The van der Waals surface area contributed by atoms with Crippen molar-refractivity contribution in [2.24, 2.45) is 0 Å². The van der Waals surface area contributed by atoms with Crippen molar-refractivity contribution < 1.29 is 24.6 Å². The molecule has 1 aromatic carbocycles. The first kappa shape index (κ1) is 23.3. The van der Waals surface area contributed by atoms with Crippen molar-refractivity contribution in [2.45, 2.75) is 38.4 Å². The number of ether oxygens (including phenoxy) is 1. The Hall–Kier alpha value is -4.40. The van der Waals surface area contributed by atoms with Crippen LogP contribution in [-0.4, -0.2) is 33.1 Å². The van der Waals surface area contributed by atoms with E-state index in [2.05, 4.69) is 15.7 Å². The van der Waals surface area contributed by atoms with Gasteiger partial charge in [0, 0.05) is 17.8 Å². The van der Waals surface area contributed by atoms with Crippen molar-refractivity contribution in [3.63, 3.8) is 0 Å². The summed E-state index contributed by atoms with van der Waals surface area (Å²) < 4.78 is 7.37. The first-order valence-electron chi connectivity index (χ1n) is 9.85. The molecule has 0 radical (unpaired) electrons. The van der Waals surface area contributed by atoms with E-state index in [0.29, 0.717) is 28.1 Å². The van der Waals surface area contributed by atoms with Crippen molar-refractivity contribution >= 4 is 5.70 Å². The van der Waals surface area contributed by atoms with Crippen LogP contribution in [0.25, 0.3) is 5.70 Å². The summed E-state index contributed by atoms with van der Waals surface area (Å²) in [4.78, 5) is 42.4. The van der Waals surface area contributed by atoms with Crippen molar-refractivity contribution in [1.82, 2.24) is 4.57 Å². The van der Waals surface area contributed by atoms with Gasteiger partial charge < -0.3 is 14.4 Å². The monoisotopic (exact) mass is 456 g/mol. The summed E-state index contributed by atoms with van der Waals surface area (Å²) in [7, 11) is 0. The maximum Gasteiger partial charge on any atom is 0.294 e. The Morgan fingerprint density at radius 3 is 2.64 bits per heavy atom. The van der Waals surface area contributed by atoms with Crippen molar-refractivity contribution in [2.75, 3.05) is 6.61 Å². The third-order valence-corrected chi connectivity index (χ3v) is 4.83. The van der Waals surface area contributed by atoms with Gasteiger partial charge in [0.1, 0.15) is 24.1 Å². The van der Waals surface area contributed by atoms with Crippen LogP contribution >= 0.6 is 0 Å². The van der Waals surface area contributed by atoms with Crippen LogP contribution in [0.4, 0.5) is 0 Å². The highest BCUT2D eigenvalue weighted by atomic mass is 17.0. The topological polar surface area (TPSA) is 160 Å². The predicted octanol–water partition coefficient (Wildman–Crippen LogP) is 2.50. The molecule has 0 aliphatic carbocycles. The molecule has 1 atom stereocenters. The second kappa shape index (κ2) is 9.39. The fourth-order valence-electron chi connectivity index (χ4n) is 3.43. The Balaban J connectivity index is 1.92. The maximum absolute atomic E-state index is 12.7. The largest absolute Gasteiger partial charge is 0.483 e. The molecule has 12 heteroatoms. The van der Waals surface area contributed by atoms with E-state index in [0.717, 1.165) is 0 Å². The van der Waals surface area contributed by atoms with Crippen LogP contribution in [0.5, 0.6) is 5.75 Å². The molecule has 0 bridgehead atoms. The van der Waals surface area contributed by atoms with Gasteiger partial charge in [0.2, 0.25) is 0 Å². The van der Waals surface area contributed by atoms with Crippen LogP contribution in [0.15, 0.2) is 47.4 Å². The number of nitrogens with zero attached hydrogens (tertiary/aromatic N) is 4. The highest BCUT2D eigenvalue weighted by Gasteiger charge is 2.28. The van der Waals surface area contributed by atoms with Gasteiger partial charge in [0.05, 0.1) is 17.3 Å². The van der Waals surface area contributed by atoms with Gasteiger partial charge in [-0.2, -0.15) is 5.26 Å². The van der Waals surface area contributed by atoms with E-state index in [1.54, 1.807) is 36.5 Å². The standard InChI is InChI=1S/C21H20N4O8/c1-21(2)10-18(17-9-15(11-22)4-7-19(17)32-21)23-12-14(5-8-20(23)26)3-6-16(33-25(29)30)13-31-24(27)28/h4-5,7-10,12,16H,3,6,13H2,1-2H3. The molecule has 1 unspecified atom stereocenters. The van der Waals surface area contributed by atoms with E-state index in [-0.39, 0.29) is 18.4 Å². The third kappa shape index (κ3) is 5.85. The molecule has 1 aliphatic heterocycles. The zero-order valence-electron chi connectivity index (χ0n) is 17.8. The van der Waals surface area contributed by atoms with Gasteiger partial charge in [0.25, 0.3) is 15.7 Å². The molecule has 0 saturated heterocycles. The van der Waals surface area contributed by atoms with E-state index >= 15 is 0 Å².